The highest BCUT2D eigenvalue weighted by molar-refractivity contribution is 6.35. The predicted molar refractivity (Wildman–Crippen MR) is 182 cm³/mol. The first-order valence-corrected chi connectivity index (χ1v) is 17.9. The third-order valence-electron chi connectivity index (χ3n) is 9.75. The van der Waals surface area contributed by atoms with Gasteiger partial charge in [0.15, 0.2) is 0 Å². The van der Waals surface area contributed by atoms with Gasteiger partial charge in [-0.1, -0.05) is 28.4 Å². The van der Waals surface area contributed by atoms with Crippen molar-refractivity contribution in [2.24, 2.45) is 0 Å². The van der Waals surface area contributed by atoms with Crippen LogP contribution in [-0.2, 0) is 11.2 Å². The Bertz CT molecular complexity index is 1740. The van der Waals surface area contributed by atoms with Crippen LogP contribution in [0.1, 0.15) is 79.0 Å². The molecule has 3 aliphatic heterocycles. The lowest BCUT2D eigenvalue weighted by Gasteiger charge is -2.35. The fraction of sp³-hybridized carbons (Fsp3) is 0.545. The van der Waals surface area contributed by atoms with Crippen LogP contribution in [-0.4, -0.2) is 103 Å². The summed E-state index contributed by atoms with van der Waals surface area (Å²) in [5.74, 6) is 2.04. The molecule has 13 nitrogen and oxygen atoms in total. The van der Waals surface area contributed by atoms with Crippen molar-refractivity contribution in [3.63, 3.8) is 0 Å². The van der Waals surface area contributed by atoms with Gasteiger partial charge in [0, 0.05) is 56.1 Å². The molecule has 8 rings (SSSR count). The minimum absolute atomic E-state index is 0.00382. The molecule has 3 saturated heterocycles. The highest BCUT2D eigenvalue weighted by Crippen LogP contribution is 2.44. The Morgan fingerprint density at radius 2 is 1.58 bits per heavy atom. The lowest BCUT2D eigenvalue weighted by molar-refractivity contribution is 0.0611. The predicted octanol–water partition coefficient (Wildman–Crippen LogP) is 4.89. The molecule has 0 bridgehead atoms. The lowest BCUT2D eigenvalue weighted by Crippen LogP contribution is -2.45. The smallest absolute Gasteiger partial charge is 0.258 e. The van der Waals surface area contributed by atoms with Gasteiger partial charge in [0.05, 0.1) is 53.3 Å². The van der Waals surface area contributed by atoms with Crippen LogP contribution in [0, 0.1) is 0 Å². The highest BCUT2D eigenvalue weighted by Gasteiger charge is 2.37. The van der Waals surface area contributed by atoms with Crippen molar-refractivity contribution in [3.8, 4) is 11.6 Å². The monoisotopic (exact) mass is 691 g/mol. The van der Waals surface area contributed by atoms with Gasteiger partial charge >= 0.3 is 0 Å². The van der Waals surface area contributed by atoms with E-state index in [1.807, 2.05) is 21.8 Å². The second-order valence-electron chi connectivity index (χ2n) is 13.1. The maximum atomic E-state index is 14.3. The molecule has 1 aliphatic carbocycles. The average molecular weight is 693 g/mol. The summed E-state index contributed by atoms with van der Waals surface area (Å²) in [6, 6.07) is 5.35. The van der Waals surface area contributed by atoms with Gasteiger partial charge < -0.3 is 19.4 Å². The normalized spacial score (nSPS) is 20.4. The molecular formula is C33H39Cl2N11O2. The van der Waals surface area contributed by atoms with Crippen LogP contribution in [0.3, 0.4) is 0 Å². The molecule has 1 atom stereocenters. The summed E-state index contributed by atoms with van der Waals surface area (Å²) in [5.41, 5.74) is 3.09. The Kier molecular flexibility index (Phi) is 8.91. The molecule has 15 heteroatoms. The van der Waals surface area contributed by atoms with Crippen molar-refractivity contribution < 1.29 is 9.53 Å². The van der Waals surface area contributed by atoms with Gasteiger partial charge in [-0.15, -0.1) is 5.10 Å². The Balaban J connectivity index is 1.05. The van der Waals surface area contributed by atoms with E-state index in [1.165, 1.54) is 6.42 Å². The molecule has 0 N–H and O–H groups in total. The van der Waals surface area contributed by atoms with Gasteiger partial charge in [0.2, 0.25) is 11.9 Å². The number of piperidine rings is 2. The van der Waals surface area contributed by atoms with Crippen molar-refractivity contribution in [2.45, 2.75) is 69.7 Å². The van der Waals surface area contributed by atoms with Gasteiger partial charge in [-0.2, -0.15) is 24.7 Å². The zero-order valence-electron chi connectivity index (χ0n) is 26.8. The number of aromatic nitrogens is 8. The van der Waals surface area contributed by atoms with E-state index >= 15 is 0 Å². The second kappa shape index (κ2) is 13.6. The number of anilines is 2. The topological polar surface area (TPSA) is 123 Å². The number of nitrogens with zero attached hydrogens (tertiary/aromatic N) is 11. The molecule has 6 heterocycles. The van der Waals surface area contributed by atoms with Gasteiger partial charge in [0.1, 0.15) is 0 Å². The van der Waals surface area contributed by atoms with E-state index in [0.29, 0.717) is 59.6 Å². The summed E-state index contributed by atoms with van der Waals surface area (Å²) in [6.45, 7) is 5.27. The second-order valence-corrected chi connectivity index (χ2v) is 14.0. The molecule has 252 valence electrons. The number of benzene rings is 1. The summed E-state index contributed by atoms with van der Waals surface area (Å²) in [6.07, 6.45) is 12.6. The van der Waals surface area contributed by atoms with Crippen LogP contribution >= 0.6 is 23.2 Å². The van der Waals surface area contributed by atoms with Crippen LogP contribution in [0.4, 0.5) is 11.9 Å². The van der Waals surface area contributed by atoms with Crippen molar-refractivity contribution in [2.75, 3.05) is 55.7 Å². The van der Waals surface area contributed by atoms with E-state index in [-0.39, 0.29) is 17.9 Å². The number of ether oxygens (including phenoxy) is 1. The molecule has 0 radical (unpaired) electrons. The third kappa shape index (κ3) is 6.47. The number of amides is 1. The van der Waals surface area contributed by atoms with Crippen LogP contribution in [0.2, 0.25) is 10.0 Å². The number of hydrogen-bond donors (Lipinski definition) is 0. The summed E-state index contributed by atoms with van der Waals surface area (Å²) in [4.78, 5) is 35.2. The largest absolute Gasteiger partial charge is 0.378 e. The van der Waals surface area contributed by atoms with Crippen molar-refractivity contribution >= 4 is 41.0 Å². The zero-order valence-corrected chi connectivity index (χ0v) is 28.4. The first-order valence-electron chi connectivity index (χ1n) is 17.1. The Morgan fingerprint density at radius 1 is 0.854 bits per heavy atom. The number of halogens is 2. The molecular weight excluding hydrogens is 653 g/mol. The summed E-state index contributed by atoms with van der Waals surface area (Å²) in [5, 5.41) is 14.7. The summed E-state index contributed by atoms with van der Waals surface area (Å²) < 4.78 is 9.04. The van der Waals surface area contributed by atoms with E-state index in [2.05, 4.69) is 25.2 Å². The van der Waals surface area contributed by atoms with Crippen LogP contribution in [0.5, 0.6) is 0 Å². The minimum Gasteiger partial charge on any atom is -0.378 e. The standard InChI is InChI=1S/C33H39Cl2N11O2/c34-23-9-10-28(27(35)18-23)46-29(22-7-8-22)26(20-36-46)30(47)44-13-5-2-6-25(44)19-24-21-45(41-40-24)33-38-31(42-11-3-1-4-12-42)37-32(39-33)43-14-16-48-17-15-43/h9-10,18,20-22,25H,1-8,11-17,19H2. The molecule has 48 heavy (non-hydrogen) atoms. The van der Waals surface area contributed by atoms with E-state index < -0.39 is 0 Å². The maximum Gasteiger partial charge on any atom is 0.258 e. The number of rotatable bonds is 8. The maximum absolute atomic E-state index is 14.3. The van der Waals surface area contributed by atoms with Gasteiger partial charge in [0.25, 0.3) is 11.9 Å². The van der Waals surface area contributed by atoms with E-state index in [0.717, 1.165) is 88.2 Å². The van der Waals surface area contributed by atoms with E-state index in [9.17, 15) is 4.79 Å². The Labute approximate surface area is 289 Å². The number of carbonyl (C=O) groups excluding carboxylic acids is 1. The molecule has 1 aromatic carbocycles. The van der Waals surface area contributed by atoms with Crippen LogP contribution in [0.15, 0.2) is 30.6 Å². The molecule has 0 spiro atoms. The fourth-order valence-corrected chi connectivity index (χ4v) is 7.56. The van der Waals surface area contributed by atoms with Crippen molar-refractivity contribution in [3.05, 3.63) is 57.6 Å². The summed E-state index contributed by atoms with van der Waals surface area (Å²) in [7, 11) is 0. The van der Waals surface area contributed by atoms with E-state index in [1.54, 1.807) is 23.0 Å². The molecule has 1 unspecified atom stereocenters. The molecule has 3 aromatic heterocycles. The molecule has 4 aliphatic rings. The van der Waals surface area contributed by atoms with Crippen molar-refractivity contribution in [1.29, 1.82) is 0 Å². The van der Waals surface area contributed by atoms with E-state index in [4.69, 9.17) is 42.9 Å². The number of hydrogen-bond acceptors (Lipinski definition) is 10. The molecule has 4 fully saturated rings. The number of carbonyl (C=O) groups is 1. The Morgan fingerprint density at radius 3 is 2.33 bits per heavy atom. The first-order chi connectivity index (χ1) is 23.5. The quantitative estimate of drug-likeness (QED) is 0.252. The number of morpholine rings is 1. The van der Waals surface area contributed by atoms with Gasteiger partial charge in [-0.05, 0) is 69.6 Å². The van der Waals surface area contributed by atoms with Gasteiger partial charge in [-0.3, -0.25) is 4.79 Å². The molecule has 4 aromatic rings. The summed E-state index contributed by atoms with van der Waals surface area (Å²) >= 11 is 12.7. The third-order valence-corrected chi connectivity index (χ3v) is 10.3. The first kappa shape index (κ1) is 31.5. The zero-order chi connectivity index (χ0) is 32.6. The molecule has 1 saturated carbocycles. The minimum atomic E-state index is -0.0166. The average Bonchev–Trinajstić information content (AvgIpc) is 3.69. The Hall–Kier alpha value is -3.81. The van der Waals surface area contributed by atoms with Crippen LogP contribution < -0.4 is 9.80 Å². The molecule has 1 amide bonds. The SMILES string of the molecule is O=C(c1cnn(-c2ccc(Cl)cc2Cl)c1C1CC1)N1CCCCC1Cc1cn(-c2nc(N3CCCCC3)nc(N3CCOCC3)n2)nn1. The number of likely N-dealkylation sites (tertiary alicyclic amines) is 1. The highest BCUT2D eigenvalue weighted by atomic mass is 35.5. The van der Waals surface area contributed by atoms with Crippen LogP contribution in [0.25, 0.3) is 11.6 Å². The fourth-order valence-electron chi connectivity index (χ4n) is 7.07. The van der Waals surface area contributed by atoms with Gasteiger partial charge in [-0.25, -0.2) is 4.68 Å². The lowest BCUT2D eigenvalue weighted by atomic mass is 9.97. The van der Waals surface area contributed by atoms with Crippen molar-refractivity contribution in [1.82, 2.24) is 44.6 Å².